The van der Waals surface area contributed by atoms with Crippen molar-refractivity contribution in [3.05, 3.63) is 185 Å². The number of fused-ring (bicyclic) bond motifs is 2. The summed E-state index contributed by atoms with van der Waals surface area (Å²) in [6, 6.07) is 37.8. The third kappa shape index (κ3) is 9.95. The molecule has 342 valence electrons. The van der Waals surface area contributed by atoms with Crippen molar-refractivity contribution >= 4 is 62.5 Å². The van der Waals surface area contributed by atoms with Crippen LogP contribution >= 0.6 is 12.2 Å². The Bertz CT molecular complexity index is 3450. The van der Waals surface area contributed by atoms with Gasteiger partial charge in [-0.3, -0.25) is 44.6 Å². The number of nitrogens with one attached hydrogen (secondary N) is 3. The number of anilines is 1. The van der Waals surface area contributed by atoms with Crippen LogP contribution in [-0.4, -0.2) is 92.6 Å². The van der Waals surface area contributed by atoms with E-state index in [1.165, 1.54) is 15.5 Å². The first-order chi connectivity index (χ1) is 34.3. The number of pyridine rings is 4. The summed E-state index contributed by atoms with van der Waals surface area (Å²) in [6.07, 6.45) is 6.50. The lowest BCUT2D eigenvalue weighted by atomic mass is 10.0. The van der Waals surface area contributed by atoms with E-state index in [-0.39, 0.29) is 23.5 Å². The molecule has 0 saturated carbocycles. The number of hydrogen-bond donors (Lipinski definition) is 3. The number of amides is 3. The standard InChI is InChI=1S/C55H42N10O4S/c1-56-53(67)43-20-14-39(15-21-43)5-4-38-10-16-41(17-11-38)49-30-44(45-32-57-24-22-47(45)59-49)54(68)61-62-64-35-52(66)65(55(64)70)51-31-50(60-48-23-25-58-33-46(48)51)42-18-12-37(13-19-42)3-2-36-6-8-40(9-7-36)34-63-26-28-69-29-27-63/h6-25,30-33,62H,26-29,34-35H2,1H3,(H,56,67)(H,61,68). The highest BCUT2D eigenvalue weighted by Crippen LogP contribution is 2.33. The van der Waals surface area contributed by atoms with Gasteiger partial charge in [-0.15, -0.1) is 5.53 Å². The van der Waals surface area contributed by atoms with Gasteiger partial charge < -0.3 is 10.1 Å². The topological polar surface area (TPSA) is 158 Å². The zero-order valence-electron chi connectivity index (χ0n) is 37.8. The fourth-order valence-electron chi connectivity index (χ4n) is 8.10. The second kappa shape index (κ2) is 20.3. The zero-order valence-corrected chi connectivity index (χ0v) is 38.6. The summed E-state index contributed by atoms with van der Waals surface area (Å²) in [7, 11) is 1.59. The molecule has 4 aromatic carbocycles. The quantitative estimate of drug-likeness (QED) is 0.0803. The Kier molecular flexibility index (Phi) is 13.1. The molecule has 4 aromatic heterocycles. The average molecular weight is 939 g/mol. The molecule has 10 rings (SSSR count). The first-order valence-corrected chi connectivity index (χ1v) is 22.8. The first-order valence-electron chi connectivity index (χ1n) is 22.4. The van der Waals surface area contributed by atoms with Crippen molar-refractivity contribution in [3.63, 3.8) is 0 Å². The number of carbonyl (C=O) groups excluding carboxylic acids is 3. The van der Waals surface area contributed by atoms with Crippen LogP contribution in [0.3, 0.4) is 0 Å². The Labute approximate surface area is 408 Å². The highest BCUT2D eigenvalue weighted by atomic mass is 32.1. The molecule has 0 aliphatic carbocycles. The Morgan fingerprint density at radius 3 is 1.79 bits per heavy atom. The average Bonchev–Trinajstić information content (AvgIpc) is 3.70. The van der Waals surface area contributed by atoms with Crippen molar-refractivity contribution in [1.82, 2.24) is 46.1 Å². The highest BCUT2D eigenvalue weighted by Gasteiger charge is 2.36. The van der Waals surface area contributed by atoms with Gasteiger partial charge in [-0.25, -0.2) is 9.97 Å². The van der Waals surface area contributed by atoms with Crippen LogP contribution in [0.2, 0.25) is 0 Å². The van der Waals surface area contributed by atoms with Crippen molar-refractivity contribution in [1.29, 1.82) is 0 Å². The lowest BCUT2D eigenvalue weighted by Gasteiger charge is -2.26. The number of rotatable bonds is 9. The molecule has 14 nitrogen and oxygen atoms in total. The summed E-state index contributed by atoms with van der Waals surface area (Å²) < 4.78 is 5.47. The first kappa shape index (κ1) is 45.1. The van der Waals surface area contributed by atoms with Crippen molar-refractivity contribution in [3.8, 4) is 46.2 Å². The van der Waals surface area contributed by atoms with Crippen LogP contribution in [0.25, 0.3) is 44.3 Å². The third-order valence-electron chi connectivity index (χ3n) is 11.9. The fraction of sp³-hybridized carbons (Fsp3) is 0.127. The van der Waals surface area contributed by atoms with Gasteiger partial charge in [-0.1, -0.05) is 60.1 Å². The predicted molar refractivity (Wildman–Crippen MR) is 272 cm³/mol. The lowest BCUT2D eigenvalue weighted by molar-refractivity contribution is -0.117. The summed E-state index contributed by atoms with van der Waals surface area (Å²) in [5.41, 5.74) is 15.5. The molecule has 0 atom stereocenters. The molecule has 70 heavy (non-hydrogen) atoms. The van der Waals surface area contributed by atoms with Crippen LogP contribution in [0.1, 0.15) is 48.5 Å². The van der Waals surface area contributed by atoms with Crippen LogP contribution in [-0.2, 0) is 16.1 Å². The van der Waals surface area contributed by atoms with E-state index in [4.69, 9.17) is 26.9 Å². The molecule has 2 saturated heterocycles. The van der Waals surface area contributed by atoms with E-state index < -0.39 is 5.91 Å². The summed E-state index contributed by atoms with van der Waals surface area (Å²) >= 11 is 5.89. The largest absolute Gasteiger partial charge is 0.379 e. The number of benzene rings is 4. The van der Waals surface area contributed by atoms with Gasteiger partial charge in [0.15, 0.2) is 5.11 Å². The van der Waals surface area contributed by atoms with Gasteiger partial charge in [0.25, 0.3) is 17.7 Å². The molecular formula is C55H42N10O4S. The number of morpholine rings is 1. The van der Waals surface area contributed by atoms with E-state index in [9.17, 15) is 14.4 Å². The monoisotopic (exact) mass is 938 g/mol. The van der Waals surface area contributed by atoms with Crippen molar-refractivity contribution in [2.24, 2.45) is 0 Å². The number of ether oxygens (including phenoxy) is 1. The molecular weight excluding hydrogens is 897 g/mol. The SMILES string of the molecule is CNC(=O)c1ccc(C#Cc2ccc(-c3cc(C(=O)NNN4CC(=O)N(c5cc(-c6ccc(C#Cc7ccc(CN8CCOCC8)cc7)cc6)nc6ccncc56)C4=S)c4cnccc4n3)cc2)cc1. The molecule has 8 aromatic rings. The minimum absolute atomic E-state index is 0.124. The van der Waals surface area contributed by atoms with Crippen molar-refractivity contribution < 1.29 is 19.1 Å². The molecule has 2 fully saturated rings. The van der Waals surface area contributed by atoms with E-state index in [0.717, 1.165) is 66.2 Å². The zero-order chi connectivity index (χ0) is 48.0. The van der Waals surface area contributed by atoms with Crippen molar-refractivity contribution in [2.45, 2.75) is 6.54 Å². The van der Waals surface area contributed by atoms with E-state index in [1.54, 1.807) is 74.3 Å². The Morgan fingerprint density at radius 1 is 0.671 bits per heavy atom. The van der Waals surface area contributed by atoms with E-state index in [1.807, 2.05) is 54.6 Å². The van der Waals surface area contributed by atoms with Crippen LogP contribution in [0.5, 0.6) is 0 Å². The summed E-state index contributed by atoms with van der Waals surface area (Å²) in [5, 5.41) is 5.30. The fourth-order valence-corrected chi connectivity index (χ4v) is 8.41. The molecule has 3 amide bonds. The number of hydrogen-bond acceptors (Lipinski definition) is 11. The van der Waals surface area contributed by atoms with Gasteiger partial charge in [-0.2, -0.15) is 0 Å². The van der Waals surface area contributed by atoms with Gasteiger partial charge in [0, 0.05) is 101 Å². The lowest BCUT2D eigenvalue weighted by Crippen LogP contribution is -2.51. The third-order valence-corrected chi connectivity index (χ3v) is 12.3. The molecule has 0 spiro atoms. The molecule has 2 aliphatic rings. The van der Waals surface area contributed by atoms with E-state index >= 15 is 0 Å². The number of aromatic nitrogens is 4. The summed E-state index contributed by atoms with van der Waals surface area (Å²) in [6.45, 7) is 4.17. The minimum Gasteiger partial charge on any atom is -0.379 e. The van der Waals surface area contributed by atoms with Gasteiger partial charge in [0.1, 0.15) is 6.54 Å². The molecule has 6 heterocycles. The maximum absolute atomic E-state index is 14.0. The van der Waals surface area contributed by atoms with Gasteiger partial charge >= 0.3 is 0 Å². The van der Waals surface area contributed by atoms with Gasteiger partial charge in [-0.05, 0) is 103 Å². The second-order valence-corrected chi connectivity index (χ2v) is 16.8. The number of nitrogens with zero attached hydrogens (tertiary/aromatic N) is 7. The summed E-state index contributed by atoms with van der Waals surface area (Å²) in [5.74, 6) is 11.9. The summed E-state index contributed by atoms with van der Waals surface area (Å²) in [4.78, 5) is 61.9. The Hall–Kier alpha value is -8.70. The number of carbonyl (C=O) groups is 3. The second-order valence-electron chi connectivity index (χ2n) is 16.4. The molecule has 0 radical (unpaired) electrons. The minimum atomic E-state index is -0.494. The molecule has 15 heteroatoms. The normalized spacial score (nSPS) is 13.7. The number of thiocarbonyl (C=S) groups is 1. The van der Waals surface area contributed by atoms with Crippen molar-refractivity contribution in [2.75, 3.05) is 44.8 Å². The van der Waals surface area contributed by atoms with Crippen LogP contribution < -0.4 is 21.2 Å². The Morgan fingerprint density at radius 2 is 1.20 bits per heavy atom. The van der Waals surface area contributed by atoms with Gasteiger partial charge in [0.2, 0.25) is 0 Å². The van der Waals surface area contributed by atoms with Crippen LogP contribution in [0.4, 0.5) is 5.69 Å². The molecule has 2 aliphatic heterocycles. The molecule has 0 bridgehead atoms. The smallest absolute Gasteiger partial charge is 0.267 e. The van der Waals surface area contributed by atoms with E-state index in [2.05, 4.69) is 79.1 Å². The van der Waals surface area contributed by atoms with Crippen LogP contribution in [0.15, 0.2) is 146 Å². The highest BCUT2D eigenvalue weighted by molar-refractivity contribution is 7.80. The maximum atomic E-state index is 14.0. The maximum Gasteiger partial charge on any atom is 0.267 e. The predicted octanol–water partition coefficient (Wildman–Crippen LogP) is 6.68. The van der Waals surface area contributed by atoms with Gasteiger partial charge in [0.05, 0.1) is 46.9 Å². The molecule has 3 N–H and O–H groups in total. The van der Waals surface area contributed by atoms with E-state index in [0.29, 0.717) is 50.0 Å². The Balaban J connectivity index is 0.828. The molecule has 0 unspecified atom stereocenters. The number of hydrazine groups is 2. The van der Waals surface area contributed by atoms with Crippen LogP contribution in [0, 0.1) is 23.7 Å².